The van der Waals surface area contributed by atoms with Gasteiger partial charge in [0.05, 0.1) is 6.42 Å². The number of nitrogens with zero attached hydrogens (tertiary/aromatic N) is 1. The second kappa shape index (κ2) is 9.63. The number of carboxylic acids is 1. The normalized spacial score (nSPS) is 11.2. The predicted molar refractivity (Wildman–Crippen MR) is 135 cm³/mol. The molecule has 0 aliphatic heterocycles. The smallest absolute Gasteiger partial charge is 0.307 e. The molecule has 2 N–H and O–H groups in total. The number of rotatable bonds is 7. The van der Waals surface area contributed by atoms with Crippen LogP contribution in [0.25, 0.3) is 10.9 Å². The first kappa shape index (κ1) is 22.8. The molecule has 168 valence electrons. The van der Waals surface area contributed by atoms with Crippen LogP contribution in [0, 0.1) is 0 Å². The molecule has 0 bridgehead atoms. The third-order valence-corrected chi connectivity index (χ3v) is 6.19. The van der Waals surface area contributed by atoms with E-state index in [1.807, 2.05) is 53.1 Å². The Bertz CT molecular complexity index is 1310. The second-order valence-electron chi connectivity index (χ2n) is 8.36. The van der Waals surface area contributed by atoms with Crippen molar-refractivity contribution in [3.05, 3.63) is 99.7 Å². The molecule has 5 nitrogen and oxygen atoms in total. The first-order chi connectivity index (χ1) is 15.8. The van der Waals surface area contributed by atoms with E-state index in [1.54, 1.807) is 0 Å². The summed E-state index contributed by atoms with van der Waals surface area (Å²) in [6.45, 7) is 4.75. The van der Waals surface area contributed by atoms with Gasteiger partial charge >= 0.3 is 5.97 Å². The molecule has 0 radical (unpaired) electrons. The van der Waals surface area contributed by atoms with E-state index in [-0.39, 0.29) is 12.3 Å². The number of hydrogen-bond acceptors (Lipinski definition) is 2. The van der Waals surface area contributed by atoms with Crippen LogP contribution >= 0.6 is 15.9 Å². The van der Waals surface area contributed by atoms with Crippen molar-refractivity contribution in [3.8, 4) is 0 Å². The molecule has 3 aromatic carbocycles. The fourth-order valence-electron chi connectivity index (χ4n) is 4.05. The van der Waals surface area contributed by atoms with E-state index >= 15 is 0 Å². The summed E-state index contributed by atoms with van der Waals surface area (Å²) in [5.41, 5.74) is 4.63. The van der Waals surface area contributed by atoms with Crippen molar-refractivity contribution in [3.63, 3.8) is 0 Å². The van der Waals surface area contributed by atoms with Gasteiger partial charge in [0.1, 0.15) is 5.69 Å². The molecule has 1 heterocycles. The Labute approximate surface area is 201 Å². The highest BCUT2D eigenvalue weighted by molar-refractivity contribution is 9.10. The topological polar surface area (TPSA) is 71.3 Å². The number of aromatic nitrogens is 1. The summed E-state index contributed by atoms with van der Waals surface area (Å²) in [5, 5.41) is 13.3. The number of anilines is 1. The first-order valence-corrected chi connectivity index (χ1v) is 11.6. The molecule has 4 rings (SSSR count). The number of nitrogens with one attached hydrogen (secondary N) is 1. The van der Waals surface area contributed by atoms with Crippen LogP contribution in [0.1, 0.15) is 46.9 Å². The maximum atomic E-state index is 13.5. The molecular formula is C27H25BrN2O3. The molecule has 0 unspecified atom stereocenters. The van der Waals surface area contributed by atoms with E-state index < -0.39 is 5.97 Å². The van der Waals surface area contributed by atoms with Gasteiger partial charge in [0.25, 0.3) is 5.91 Å². The maximum absolute atomic E-state index is 13.5. The molecule has 1 amide bonds. The van der Waals surface area contributed by atoms with E-state index in [1.165, 1.54) is 5.56 Å². The first-order valence-electron chi connectivity index (χ1n) is 10.8. The Morgan fingerprint density at radius 2 is 1.70 bits per heavy atom. The van der Waals surface area contributed by atoms with Gasteiger partial charge in [-0.25, -0.2) is 0 Å². The lowest BCUT2D eigenvalue weighted by Gasteiger charge is -2.14. The van der Waals surface area contributed by atoms with Crippen molar-refractivity contribution in [2.75, 3.05) is 5.32 Å². The average molecular weight is 505 g/mol. The number of carboxylic acid groups (broad SMARTS) is 1. The van der Waals surface area contributed by atoms with Gasteiger partial charge in [-0.05, 0) is 47.4 Å². The van der Waals surface area contributed by atoms with Crippen LogP contribution < -0.4 is 5.32 Å². The van der Waals surface area contributed by atoms with Gasteiger partial charge in [-0.1, -0.05) is 72.2 Å². The summed E-state index contributed by atoms with van der Waals surface area (Å²) in [4.78, 5) is 25.2. The zero-order valence-corrected chi connectivity index (χ0v) is 20.1. The van der Waals surface area contributed by atoms with Gasteiger partial charge in [-0.3, -0.25) is 9.59 Å². The standard InChI is InChI=1S/C27H25BrN2O3/c1-17(2)19-10-8-18(9-11-19)16-30-24-13-12-20(28)14-22(24)23(15-25(31)32)26(30)27(33)29-21-6-4-3-5-7-21/h3-14,17H,15-16H2,1-2H3,(H,29,33)(H,31,32). The molecule has 4 aromatic rings. The number of aliphatic carboxylic acids is 1. The number of amides is 1. The van der Waals surface area contributed by atoms with Crippen LogP contribution in [0.2, 0.25) is 0 Å². The number of para-hydroxylation sites is 1. The number of carbonyl (C=O) groups is 2. The summed E-state index contributed by atoms with van der Waals surface area (Å²) in [5.74, 6) is -0.883. The Hall–Kier alpha value is -3.38. The van der Waals surface area contributed by atoms with Crippen molar-refractivity contribution in [1.82, 2.24) is 4.57 Å². The van der Waals surface area contributed by atoms with Crippen LogP contribution in [0.4, 0.5) is 5.69 Å². The SMILES string of the molecule is CC(C)c1ccc(Cn2c(C(=O)Nc3ccccc3)c(CC(=O)O)c3cc(Br)ccc32)cc1. The molecule has 33 heavy (non-hydrogen) atoms. The number of fused-ring (bicyclic) bond motifs is 1. The highest BCUT2D eigenvalue weighted by Gasteiger charge is 2.25. The summed E-state index contributed by atoms with van der Waals surface area (Å²) in [6, 6.07) is 23.2. The van der Waals surface area contributed by atoms with Crippen molar-refractivity contribution in [1.29, 1.82) is 0 Å². The van der Waals surface area contributed by atoms with Crippen LogP contribution in [0.3, 0.4) is 0 Å². The van der Waals surface area contributed by atoms with Gasteiger partial charge in [0.2, 0.25) is 0 Å². The monoisotopic (exact) mass is 504 g/mol. The van der Waals surface area contributed by atoms with Crippen molar-refractivity contribution >= 4 is 44.4 Å². The van der Waals surface area contributed by atoms with Crippen LogP contribution in [-0.4, -0.2) is 21.6 Å². The molecule has 6 heteroatoms. The molecule has 0 saturated carbocycles. The minimum atomic E-state index is -0.982. The lowest BCUT2D eigenvalue weighted by Crippen LogP contribution is -2.20. The molecule has 0 saturated heterocycles. The van der Waals surface area contributed by atoms with E-state index in [4.69, 9.17) is 0 Å². The minimum Gasteiger partial charge on any atom is -0.481 e. The van der Waals surface area contributed by atoms with Crippen molar-refractivity contribution < 1.29 is 14.7 Å². The van der Waals surface area contributed by atoms with Gasteiger partial charge in [-0.15, -0.1) is 0 Å². The maximum Gasteiger partial charge on any atom is 0.307 e. The largest absolute Gasteiger partial charge is 0.481 e. The fourth-order valence-corrected chi connectivity index (χ4v) is 4.41. The molecule has 0 aliphatic rings. The van der Waals surface area contributed by atoms with Crippen LogP contribution in [0.5, 0.6) is 0 Å². The van der Waals surface area contributed by atoms with Gasteiger partial charge in [0, 0.05) is 33.2 Å². The summed E-state index contributed by atoms with van der Waals surface area (Å²) >= 11 is 3.49. The second-order valence-corrected chi connectivity index (χ2v) is 9.28. The highest BCUT2D eigenvalue weighted by Crippen LogP contribution is 2.31. The van der Waals surface area contributed by atoms with E-state index in [0.717, 1.165) is 20.9 Å². The zero-order valence-electron chi connectivity index (χ0n) is 18.5. The third kappa shape index (κ3) is 5.01. The minimum absolute atomic E-state index is 0.246. The fraction of sp³-hybridized carbons (Fsp3) is 0.185. The Kier molecular flexibility index (Phi) is 6.65. The molecule has 0 atom stereocenters. The highest BCUT2D eigenvalue weighted by atomic mass is 79.9. The van der Waals surface area contributed by atoms with E-state index in [2.05, 4.69) is 59.4 Å². The lowest BCUT2D eigenvalue weighted by molar-refractivity contribution is -0.136. The summed E-state index contributed by atoms with van der Waals surface area (Å²) in [6.07, 6.45) is -0.246. The number of hydrogen-bond donors (Lipinski definition) is 2. The van der Waals surface area contributed by atoms with Gasteiger partial charge in [-0.2, -0.15) is 0 Å². The summed E-state index contributed by atoms with van der Waals surface area (Å²) in [7, 11) is 0. The quantitative estimate of drug-likeness (QED) is 0.303. The van der Waals surface area contributed by atoms with Crippen LogP contribution in [0.15, 0.2) is 77.3 Å². The molecule has 0 spiro atoms. The zero-order chi connectivity index (χ0) is 23.5. The molecule has 1 aromatic heterocycles. The summed E-state index contributed by atoms with van der Waals surface area (Å²) < 4.78 is 2.75. The molecule has 0 fully saturated rings. The molecule has 0 aliphatic carbocycles. The Morgan fingerprint density at radius 1 is 1.00 bits per heavy atom. The van der Waals surface area contributed by atoms with Crippen molar-refractivity contribution in [2.24, 2.45) is 0 Å². The third-order valence-electron chi connectivity index (χ3n) is 5.69. The molecular weight excluding hydrogens is 480 g/mol. The Morgan fingerprint density at radius 3 is 2.33 bits per heavy atom. The number of benzene rings is 3. The van der Waals surface area contributed by atoms with E-state index in [0.29, 0.717) is 29.4 Å². The van der Waals surface area contributed by atoms with Crippen LogP contribution in [-0.2, 0) is 17.8 Å². The number of carbonyl (C=O) groups excluding carboxylic acids is 1. The predicted octanol–water partition coefficient (Wildman–Crippen LogP) is 6.45. The van der Waals surface area contributed by atoms with Gasteiger partial charge in [0.15, 0.2) is 0 Å². The average Bonchev–Trinajstić information content (AvgIpc) is 3.06. The Balaban J connectivity index is 1.86. The van der Waals surface area contributed by atoms with Crippen molar-refractivity contribution in [2.45, 2.75) is 32.7 Å². The number of halogens is 1. The van der Waals surface area contributed by atoms with E-state index in [9.17, 15) is 14.7 Å². The lowest BCUT2D eigenvalue weighted by atomic mass is 10.0. The van der Waals surface area contributed by atoms with Gasteiger partial charge < -0.3 is 15.0 Å².